The molecule has 0 aromatic carbocycles. The average molecular weight is 381 g/mol. The fraction of sp³-hybridized carbons (Fsp3) is 0.300. The zero-order valence-corrected chi connectivity index (χ0v) is 12.9. The Balaban J connectivity index is 2.48. The molecule has 0 aliphatic carbocycles. The molecule has 2 N–H and O–H groups in total. The van der Waals surface area contributed by atoms with Gasteiger partial charge in [0, 0.05) is 6.07 Å². The highest BCUT2D eigenvalue weighted by atomic mass is 79.9. The lowest BCUT2D eigenvalue weighted by Gasteiger charge is -2.30. The summed E-state index contributed by atoms with van der Waals surface area (Å²) in [6, 6.07) is -0.298. The number of nitrogens with zero attached hydrogens (tertiary/aromatic N) is 1. The van der Waals surface area contributed by atoms with Crippen LogP contribution < -0.4 is 5.32 Å². The number of nitrogens with one attached hydrogen (secondary N) is 1. The first-order chi connectivity index (χ1) is 9.64. The van der Waals surface area contributed by atoms with Gasteiger partial charge in [0.2, 0.25) is 27.6 Å². The predicted molar refractivity (Wildman–Crippen MR) is 69.9 cm³/mol. The highest BCUT2D eigenvalue weighted by Crippen LogP contribution is 2.30. The van der Waals surface area contributed by atoms with Crippen molar-refractivity contribution >= 4 is 43.7 Å². The molecule has 1 saturated heterocycles. The maximum atomic E-state index is 12.5. The molecule has 2 heterocycles. The van der Waals surface area contributed by atoms with Crippen LogP contribution in [0.25, 0.3) is 0 Å². The molecule has 2 amide bonds. The summed E-state index contributed by atoms with van der Waals surface area (Å²) >= 11 is 2.82. The Kier molecular flexibility index (Phi) is 3.91. The molecule has 1 fully saturated rings. The molecule has 2 rings (SSSR count). The van der Waals surface area contributed by atoms with Gasteiger partial charge in [0.15, 0.2) is 4.67 Å². The fourth-order valence-corrected chi connectivity index (χ4v) is 4.20. The third-order valence-corrected chi connectivity index (χ3v) is 5.60. The number of hydrogen-bond acceptors (Lipinski definition) is 6. The molecule has 0 radical (unpaired) electrons. The lowest BCUT2D eigenvalue weighted by Crippen LogP contribution is -2.58. The van der Waals surface area contributed by atoms with Gasteiger partial charge in [-0.25, -0.2) is 13.2 Å². The summed E-state index contributed by atoms with van der Waals surface area (Å²) in [6.45, 7) is 0.765. The van der Waals surface area contributed by atoms with E-state index in [1.54, 1.807) is 0 Å². The summed E-state index contributed by atoms with van der Waals surface area (Å²) in [5.41, 5.74) is 0. The highest BCUT2D eigenvalue weighted by Gasteiger charge is 2.41. The summed E-state index contributed by atoms with van der Waals surface area (Å²) in [5.74, 6) is -3.55. The normalized spacial score (nSPS) is 20.4. The second-order valence-electron chi connectivity index (χ2n) is 4.19. The van der Waals surface area contributed by atoms with Gasteiger partial charge < -0.3 is 9.52 Å². The summed E-state index contributed by atoms with van der Waals surface area (Å²) in [7, 11) is -4.27. The van der Waals surface area contributed by atoms with E-state index in [0.29, 0.717) is 4.31 Å². The van der Waals surface area contributed by atoms with E-state index >= 15 is 0 Å². The van der Waals surface area contributed by atoms with Crippen LogP contribution in [-0.4, -0.2) is 48.2 Å². The van der Waals surface area contributed by atoms with Gasteiger partial charge in [-0.1, -0.05) is 0 Å². The number of hydrogen-bond donors (Lipinski definition) is 2. The van der Waals surface area contributed by atoms with Crippen LogP contribution in [0.5, 0.6) is 0 Å². The number of carboxylic acids is 1. The molecular weight excluding hydrogens is 372 g/mol. The smallest absolute Gasteiger partial charge is 0.371 e. The lowest BCUT2D eigenvalue weighted by molar-refractivity contribution is -0.136. The molecule has 1 atom stereocenters. The monoisotopic (exact) mass is 380 g/mol. The van der Waals surface area contributed by atoms with E-state index < -0.39 is 51.0 Å². The lowest BCUT2D eigenvalue weighted by atomic mass is 10.2. The van der Waals surface area contributed by atoms with Crippen LogP contribution in [-0.2, 0) is 19.6 Å². The van der Waals surface area contributed by atoms with E-state index in [0.717, 1.165) is 6.07 Å². The summed E-state index contributed by atoms with van der Waals surface area (Å²) < 4.78 is 30.0. The average Bonchev–Trinajstić information content (AvgIpc) is 2.76. The third-order valence-electron chi connectivity index (χ3n) is 2.83. The second kappa shape index (κ2) is 5.24. The van der Waals surface area contributed by atoms with Gasteiger partial charge >= 0.3 is 5.97 Å². The van der Waals surface area contributed by atoms with Crippen molar-refractivity contribution in [2.24, 2.45) is 0 Å². The zero-order chi connectivity index (χ0) is 15.9. The van der Waals surface area contributed by atoms with Crippen molar-refractivity contribution in [3.8, 4) is 0 Å². The first-order valence-corrected chi connectivity index (χ1v) is 7.76. The van der Waals surface area contributed by atoms with Crippen molar-refractivity contribution in [2.75, 3.05) is 6.54 Å². The number of aromatic carboxylic acids is 1. The van der Waals surface area contributed by atoms with Gasteiger partial charge in [0.1, 0.15) is 10.9 Å². The topological polar surface area (TPSA) is 134 Å². The van der Waals surface area contributed by atoms with E-state index in [1.807, 2.05) is 5.32 Å². The van der Waals surface area contributed by atoms with Gasteiger partial charge in [-0.3, -0.25) is 14.9 Å². The van der Waals surface area contributed by atoms with Crippen molar-refractivity contribution in [1.29, 1.82) is 0 Å². The largest absolute Gasteiger partial charge is 0.475 e. The summed E-state index contributed by atoms with van der Waals surface area (Å²) in [4.78, 5) is 33.2. The van der Waals surface area contributed by atoms with Gasteiger partial charge in [0.25, 0.3) is 0 Å². The summed E-state index contributed by atoms with van der Waals surface area (Å²) in [5, 5.41) is 10.8. The number of piperazine rings is 1. The van der Waals surface area contributed by atoms with E-state index in [-0.39, 0.29) is 4.67 Å². The van der Waals surface area contributed by atoms with E-state index in [2.05, 4.69) is 15.9 Å². The standard InChI is InChI=1S/C10H9BrN2O7S/c1-4-9(15)12-7(14)3-13(4)21(18,19)6-2-5(10(16)17)20-8(6)11/h2,4H,3H2,1H3,(H,16,17)(H,12,14,15). The van der Waals surface area contributed by atoms with Gasteiger partial charge in [-0.15, -0.1) is 0 Å². The first kappa shape index (κ1) is 15.7. The maximum absolute atomic E-state index is 12.5. The van der Waals surface area contributed by atoms with E-state index in [4.69, 9.17) is 9.52 Å². The third kappa shape index (κ3) is 2.71. The predicted octanol–water partition coefficient (Wildman–Crippen LogP) is -0.224. The Hall–Kier alpha value is -1.72. The van der Waals surface area contributed by atoms with Gasteiger partial charge in [-0.2, -0.15) is 4.31 Å². The van der Waals surface area contributed by atoms with E-state index in [9.17, 15) is 22.8 Å². The van der Waals surface area contributed by atoms with Crippen molar-refractivity contribution in [3.63, 3.8) is 0 Å². The molecule has 1 unspecified atom stereocenters. The SMILES string of the molecule is CC1C(=O)NC(=O)CN1S(=O)(=O)c1cc(C(=O)O)oc1Br. The molecule has 0 spiro atoms. The molecular formula is C10H9BrN2O7S. The van der Waals surface area contributed by atoms with Gasteiger partial charge in [-0.05, 0) is 22.9 Å². The number of carbonyl (C=O) groups is 3. The molecule has 114 valence electrons. The number of halogens is 1. The molecule has 9 nitrogen and oxygen atoms in total. The van der Waals surface area contributed by atoms with Crippen molar-refractivity contribution in [1.82, 2.24) is 9.62 Å². The van der Waals surface area contributed by atoms with Crippen LogP contribution in [0.3, 0.4) is 0 Å². The molecule has 11 heteroatoms. The minimum absolute atomic E-state index is 0.314. The van der Waals surface area contributed by atoms with Crippen LogP contribution in [0.1, 0.15) is 17.5 Å². The van der Waals surface area contributed by atoms with Crippen molar-refractivity contribution in [2.45, 2.75) is 17.9 Å². The Morgan fingerprint density at radius 2 is 2.14 bits per heavy atom. The van der Waals surface area contributed by atoms with Crippen molar-refractivity contribution < 1.29 is 32.3 Å². The number of amides is 2. The van der Waals surface area contributed by atoms with Crippen LogP contribution in [0, 0.1) is 0 Å². The van der Waals surface area contributed by atoms with Crippen LogP contribution in [0.4, 0.5) is 0 Å². The molecule has 1 aliphatic heterocycles. The van der Waals surface area contributed by atoms with Crippen molar-refractivity contribution in [3.05, 3.63) is 16.5 Å². The second-order valence-corrected chi connectivity index (χ2v) is 6.77. The Morgan fingerprint density at radius 1 is 1.52 bits per heavy atom. The molecule has 1 aliphatic rings. The van der Waals surface area contributed by atoms with Crippen LogP contribution in [0.2, 0.25) is 0 Å². The minimum atomic E-state index is -4.27. The number of carbonyl (C=O) groups excluding carboxylic acids is 2. The molecule has 1 aromatic heterocycles. The Bertz CT molecular complexity index is 739. The van der Waals surface area contributed by atoms with Crippen LogP contribution >= 0.6 is 15.9 Å². The first-order valence-electron chi connectivity index (χ1n) is 5.52. The number of furan rings is 1. The molecule has 21 heavy (non-hydrogen) atoms. The quantitative estimate of drug-likeness (QED) is 0.691. The minimum Gasteiger partial charge on any atom is -0.475 e. The van der Waals surface area contributed by atoms with Crippen LogP contribution in [0.15, 0.2) is 20.0 Å². The number of carboxylic acid groups (broad SMARTS) is 1. The molecule has 0 bridgehead atoms. The number of imide groups is 1. The van der Waals surface area contributed by atoms with E-state index in [1.165, 1.54) is 6.92 Å². The zero-order valence-electron chi connectivity index (χ0n) is 10.5. The number of sulfonamides is 1. The maximum Gasteiger partial charge on any atom is 0.371 e. The number of rotatable bonds is 3. The molecule has 1 aromatic rings. The Morgan fingerprint density at radius 3 is 2.67 bits per heavy atom. The molecule has 0 saturated carbocycles. The highest BCUT2D eigenvalue weighted by molar-refractivity contribution is 9.10. The van der Waals surface area contributed by atoms with Gasteiger partial charge in [0.05, 0.1) is 6.54 Å². The fourth-order valence-electron chi connectivity index (χ4n) is 1.74. The summed E-state index contributed by atoms with van der Waals surface area (Å²) in [6.07, 6.45) is 0. The Labute approximate surface area is 127 Å².